The lowest BCUT2D eigenvalue weighted by Gasteiger charge is -2.26. The average molecular weight is 983 g/mol. The molecule has 68 heavy (non-hydrogen) atoms. The van der Waals surface area contributed by atoms with Crippen molar-refractivity contribution in [2.45, 2.75) is 309 Å². The topological polar surface area (TPSA) is 105 Å². The lowest BCUT2D eigenvalue weighted by molar-refractivity contribution is -0.870. The Labute approximate surface area is 424 Å². The Morgan fingerprint density at radius 2 is 0.838 bits per heavy atom. The zero-order valence-corrected chi connectivity index (χ0v) is 47.0. The first kappa shape index (κ1) is 67.0. The van der Waals surface area contributed by atoms with Gasteiger partial charge < -0.3 is 19.8 Å². The highest BCUT2D eigenvalue weighted by Gasteiger charge is 2.28. The molecule has 0 aromatic carbocycles. The van der Waals surface area contributed by atoms with Crippen molar-refractivity contribution in [2.24, 2.45) is 0 Å². The van der Waals surface area contributed by atoms with Gasteiger partial charge in [-0.3, -0.25) is 13.8 Å². The molecule has 0 aromatic rings. The number of carbonyl (C=O) groups excluding carboxylic acids is 1. The maximum atomic E-state index is 13.0. The first-order chi connectivity index (χ1) is 33.0. The van der Waals surface area contributed by atoms with Crippen LogP contribution in [0.3, 0.4) is 0 Å². The van der Waals surface area contributed by atoms with Crippen LogP contribution in [0.5, 0.6) is 0 Å². The largest absolute Gasteiger partial charge is 0.472 e. The molecule has 0 fully saturated rings. The van der Waals surface area contributed by atoms with Crippen LogP contribution in [0, 0.1) is 0 Å². The highest BCUT2D eigenvalue weighted by molar-refractivity contribution is 7.47. The van der Waals surface area contributed by atoms with Gasteiger partial charge in [-0.15, -0.1) is 0 Å². The molecule has 0 aliphatic rings. The number of nitrogens with one attached hydrogen (secondary N) is 1. The van der Waals surface area contributed by atoms with Crippen LogP contribution in [0.15, 0.2) is 24.3 Å². The summed E-state index contributed by atoms with van der Waals surface area (Å²) in [5.74, 6) is -0.140. The molecule has 0 aromatic heterocycles. The van der Waals surface area contributed by atoms with Crippen molar-refractivity contribution in [2.75, 3.05) is 40.9 Å². The fourth-order valence-electron chi connectivity index (χ4n) is 9.02. The fourth-order valence-corrected chi connectivity index (χ4v) is 9.76. The lowest BCUT2D eigenvalue weighted by atomic mass is 10.0. The van der Waals surface area contributed by atoms with E-state index >= 15 is 0 Å². The number of aliphatic hydroxyl groups is 1. The number of rotatable bonds is 55. The van der Waals surface area contributed by atoms with Gasteiger partial charge in [-0.2, -0.15) is 0 Å². The third kappa shape index (κ3) is 52.8. The maximum Gasteiger partial charge on any atom is 0.472 e. The molecule has 1 amide bonds. The summed E-state index contributed by atoms with van der Waals surface area (Å²) in [6, 6.07) is -0.758. The van der Waals surface area contributed by atoms with Crippen molar-refractivity contribution in [3.63, 3.8) is 0 Å². The van der Waals surface area contributed by atoms with Crippen molar-refractivity contribution in [1.82, 2.24) is 5.32 Å². The van der Waals surface area contributed by atoms with E-state index in [9.17, 15) is 19.4 Å². The average Bonchev–Trinajstić information content (AvgIpc) is 3.30. The number of phosphoric acid groups is 1. The summed E-state index contributed by atoms with van der Waals surface area (Å²) in [4.78, 5) is 23.3. The molecule has 0 aliphatic heterocycles. The van der Waals surface area contributed by atoms with Gasteiger partial charge in [0.25, 0.3) is 0 Å². The third-order valence-corrected chi connectivity index (χ3v) is 14.7. The summed E-state index contributed by atoms with van der Waals surface area (Å²) in [7, 11) is 1.63. The van der Waals surface area contributed by atoms with Gasteiger partial charge in [-0.1, -0.05) is 269 Å². The van der Waals surface area contributed by atoms with Crippen LogP contribution in [0.2, 0.25) is 0 Å². The first-order valence-electron chi connectivity index (χ1n) is 29.7. The van der Waals surface area contributed by atoms with E-state index in [1.54, 1.807) is 0 Å². The summed E-state index contributed by atoms with van der Waals surface area (Å²) in [6.45, 7) is 4.92. The molecule has 3 N–H and O–H groups in total. The van der Waals surface area contributed by atoms with Crippen LogP contribution < -0.4 is 5.32 Å². The molecule has 0 saturated carbocycles. The summed E-state index contributed by atoms with van der Waals surface area (Å²) in [6.07, 6.45) is 63.9. The van der Waals surface area contributed by atoms with Gasteiger partial charge >= 0.3 is 7.82 Å². The van der Waals surface area contributed by atoms with E-state index in [0.717, 1.165) is 44.9 Å². The van der Waals surface area contributed by atoms with Crippen LogP contribution in [0.4, 0.5) is 0 Å². The van der Waals surface area contributed by atoms with Crippen LogP contribution in [-0.4, -0.2) is 73.4 Å². The second-order valence-electron chi connectivity index (χ2n) is 21.7. The summed E-state index contributed by atoms with van der Waals surface area (Å²) >= 11 is 0. The molecule has 0 bridgehead atoms. The SMILES string of the molecule is CCCCCCCCCCC/C=C\C/C=C\CCCCCCCCCCCCCCCCCC(=O)NC(COP(=O)(O)OCC[N+](C)(C)C)C(O)CCCCCCCCCCCCCCCCC. The molecule has 0 spiro atoms. The maximum absolute atomic E-state index is 13.0. The van der Waals surface area contributed by atoms with E-state index in [0.29, 0.717) is 23.9 Å². The minimum atomic E-state index is -4.32. The van der Waals surface area contributed by atoms with Crippen LogP contribution in [-0.2, 0) is 18.4 Å². The second-order valence-corrected chi connectivity index (χ2v) is 23.2. The number of amides is 1. The van der Waals surface area contributed by atoms with Gasteiger partial charge in [0.2, 0.25) is 5.91 Å². The van der Waals surface area contributed by atoms with E-state index in [1.807, 2.05) is 21.1 Å². The molecule has 0 heterocycles. The predicted molar refractivity (Wildman–Crippen MR) is 295 cm³/mol. The third-order valence-electron chi connectivity index (χ3n) is 13.7. The molecule has 404 valence electrons. The minimum Gasteiger partial charge on any atom is -0.391 e. The molecule has 3 unspecified atom stereocenters. The zero-order chi connectivity index (χ0) is 49.9. The zero-order valence-electron chi connectivity index (χ0n) is 46.1. The van der Waals surface area contributed by atoms with Crippen LogP contribution >= 0.6 is 7.82 Å². The quantitative estimate of drug-likeness (QED) is 0.0243. The number of likely N-dealkylation sites (N-methyl/N-ethyl adjacent to an activating group) is 1. The summed E-state index contributed by atoms with van der Waals surface area (Å²) < 4.78 is 23.8. The number of carbonyl (C=O) groups is 1. The van der Waals surface area contributed by atoms with Crippen molar-refractivity contribution < 1.29 is 32.9 Å². The summed E-state index contributed by atoms with van der Waals surface area (Å²) in [5.41, 5.74) is 0. The van der Waals surface area contributed by atoms with Gasteiger partial charge in [0, 0.05) is 6.42 Å². The molecule has 0 aliphatic carbocycles. The number of hydrogen-bond acceptors (Lipinski definition) is 5. The molecular weight excluding hydrogens is 864 g/mol. The standard InChI is InChI=1S/C59H117N2O6P/c1-6-8-10-12-14-16-18-20-22-23-24-25-26-27-28-29-30-31-32-33-34-35-36-37-39-41-43-45-47-49-51-53-59(63)60-57(56-67-68(64,65)66-55-54-61(3,4)5)58(62)52-50-48-46-44-42-40-38-21-19-17-15-13-11-9-7-2/h24-25,27-28,57-58,62H,6-23,26,29-56H2,1-5H3,(H-,60,63,64,65)/p+1/b25-24-,28-27-. The fraction of sp³-hybridized carbons (Fsp3) is 0.915. The summed E-state index contributed by atoms with van der Waals surface area (Å²) in [5, 5.41) is 14.1. The molecular formula is C59H118N2O6P+. The van der Waals surface area contributed by atoms with Crippen LogP contribution in [0.25, 0.3) is 0 Å². The highest BCUT2D eigenvalue weighted by atomic mass is 31.2. The Morgan fingerprint density at radius 1 is 0.500 bits per heavy atom. The molecule has 9 heteroatoms. The van der Waals surface area contributed by atoms with Crippen molar-refractivity contribution in [3.05, 3.63) is 24.3 Å². The number of quaternary nitrogens is 1. The monoisotopic (exact) mass is 982 g/mol. The van der Waals surface area contributed by atoms with Crippen molar-refractivity contribution in [1.29, 1.82) is 0 Å². The van der Waals surface area contributed by atoms with Gasteiger partial charge in [0.1, 0.15) is 13.2 Å². The van der Waals surface area contributed by atoms with E-state index in [4.69, 9.17) is 9.05 Å². The molecule has 0 saturated heterocycles. The van der Waals surface area contributed by atoms with Gasteiger partial charge in [0.05, 0.1) is 39.9 Å². The normalized spacial score (nSPS) is 14.0. The smallest absolute Gasteiger partial charge is 0.391 e. The van der Waals surface area contributed by atoms with Crippen molar-refractivity contribution in [3.8, 4) is 0 Å². The Hall–Kier alpha value is -1.02. The van der Waals surface area contributed by atoms with Crippen LogP contribution in [0.1, 0.15) is 296 Å². The molecule has 0 rings (SSSR count). The van der Waals surface area contributed by atoms with Gasteiger partial charge in [0.15, 0.2) is 0 Å². The second kappa shape index (κ2) is 50.9. The Morgan fingerprint density at radius 3 is 1.21 bits per heavy atom. The Bertz CT molecular complexity index is 1160. The van der Waals surface area contributed by atoms with Crippen molar-refractivity contribution >= 4 is 13.7 Å². The van der Waals surface area contributed by atoms with E-state index in [1.165, 1.54) is 225 Å². The molecule has 8 nitrogen and oxygen atoms in total. The highest BCUT2D eigenvalue weighted by Crippen LogP contribution is 2.43. The number of aliphatic hydroxyl groups excluding tert-OH is 1. The van der Waals surface area contributed by atoms with E-state index < -0.39 is 20.0 Å². The lowest BCUT2D eigenvalue weighted by Crippen LogP contribution is -2.46. The predicted octanol–water partition coefficient (Wildman–Crippen LogP) is 18.0. The van der Waals surface area contributed by atoms with E-state index in [-0.39, 0.29) is 19.1 Å². The Kier molecular flexibility index (Phi) is 50.1. The Balaban J connectivity index is 4.03. The number of allylic oxidation sites excluding steroid dienone is 4. The van der Waals surface area contributed by atoms with Gasteiger partial charge in [-0.25, -0.2) is 4.57 Å². The molecule has 0 radical (unpaired) electrons. The number of phosphoric ester groups is 1. The number of hydrogen-bond donors (Lipinski definition) is 3. The number of nitrogens with zero attached hydrogens (tertiary/aromatic N) is 1. The van der Waals surface area contributed by atoms with E-state index in [2.05, 4.69) is 43.5 Å². The number of unbranched alkanes of at least 4 members (excludes halogenated alkanes) is 38. The minimum absolute atomic E-state index is 0.0765. The first-order valence-corrected chi connectivity index (χ1v) is 31.2. The van der Waals surface area contributed by atoms with Gasteiger partial charge in [-0.05, 0) is 44.9 Å². The molecule has 3 atom stereocenters.